The van der Waals surface area contributed by atoms with E-state index in [4.69, 9.17) is 34.8 Å². The van der Waals surface area contributed by atoms with E-state index in [2.05, 4.69) is 41.8 Å². The molecule has 2 nitrogen and oxygen atoms in total. The zero-order valence-electron chi connectivity index (χ0n) is 17.8. The smallest absolute Gasteiger partial charge is 0.0670 e. The number of nitrogens with zero attached hydrogens (tertiary/aromatic N) is 2. The number of anilines is 1. The van der Waals surface area contributed by atoms with Gasteiger partial charge in [0.2, 0.25) is 0 Å². The topological polar surface area (TPSA) is 6.48 Å². The zero-order valence-corrected chi connectivity index (χ0v) is 20.1. The van der Waals surface area contributed by atoms with Gasteiger partial charge in [-0.15, -0.1) is 0 Å². The van der Waals surface area contributed by atoms with Gasteiger partial charge in [-0.05, 0) is 73.4 Å². The monoisotopic (exact) mass is 464 g/mol. The highest BCUT2D eigenvalue weighted by Crippen LogP contribution is 2.39. The highest BCUT2D eigenvalue weighted by atomic mass is 35.5. The number of halogens is 3. The van der Waals surface area contributed by atoms with Crippen molar-refractivity contribution in [1.82, 2.24) is 4.90 Å². The first kappa shape index (κ1) is 22.3. The van der Waals surface area contributed by atoms with Crippen LogP contribution < -0.4 is 4.90 Å². The minimum Gasteiger partial charge on any atom is -0.361 e. The van der Waals surface area contributed by atoms with E-state index in [1.54, 1.807) is 0 Å². The average Bonchev–Trinajstić information content (AvgIpc) is 2.74. The summed E-state index contributed by atoms with van der Waals surface area (Å²) in [5.74, 6) is 1.69. The second-order valence-electron chi connectivity index (χ2n) is 9.16. The molecule has 1 unspecified atom stereocenters. The summed E-state index contributed by atoms with van der Waals surface area (Å²) >= 11 is 18.9. The van der Waals surface area contributed by atoms with Crippen molar-refractivity contribution >= 4 is 40.5 Å². The minimum absolute atomic E-state index is 0.248. The standard InChI is InChI=1S/C25H31Cl3N2/c1-17(2)18-5-10-22(11-6-18)29-13-14-30(24-12-9-21(27)15-23(24)28)25(16-29)19-3-7-20(26)8-4-19/h3-4,7-9,12,15,17-18,22,25H,5-6,10-11,13-14,16H2,1-2H3. The summed E-state index contributed by atoms with van der Waals surface area (Å²) in [6.07, 6.45) is 5.35. The molecule has 1 heterocycles. The predicted octanol–water partition coefficient (Wildman–Crippen LogP) is 7.72. The molecule has 0 spiro atoms. The van der Waals surface area contributed by atoms with Crippen LogP contribution in [0.5, 0.6) is 0 Å². The number of piperazine rings is 1. The van der Waals surface area contributed by atoms with Crippen molar-refractivity contribution in [3.05, 3.63) is 63.1 Å². The highest BCUT2D eigenvalue weighted by molar-refractivity contribution is 6.36. The maximum absolute atomic E-state index is 6.61. The lowest BCUT2D eigenvalue weighted by molar-refractivity contribution is 0.103. The molecule has 1 saturated carbocycles. The van der Waals surface area contributed by atoms with Crippen molar-refractivity contribution < 1.29 is 0 Å². The number of hydrogen-bond donors (Lipinski definition) is 0. The van der Waals surface area contributed by atoms with Crippen molar-refractivity contribution in [3.8, 4) is 0 Å². The van der Waals surface area contributed by atoms with Crippen molar-refractivity contribution in [2.24, 2.45) is 11.8 Å². The van der Waals surface area contributed by atoms with Gasteiger partial charge in [0.1, 0.15) is 0 Å². The van der Waals surface area contributed by atoms with Gasteiger partial charge in [0.05, 0.1) is 16.8 Å². The van der Waals surface area contributed by atoms with E-state index >= 15 is 0 Å². The Morgan fingerprint density at radius 2 is 1.50 bits per heavy atom. The molecule has 1 atom stereocenters. The van der Waals surface area contributed by atoms with Gasteiger partial charge in [-0.1, -0.05) is 60.8 Å². The molecular weight excluding hydrogens is 435 g/mol. The van der Waals surface area contributed by atoms with Crippen LogP contribution in [0.15, 0.2) is 42.5 Å². The summed E-state index contributed by atoms with van der Waals surface area (Å²) in [6.45, 7) is 7.78. The molecular formula is C25H31Cl3N2. The molecule has 0 N–H and O–H groups in total. The van der Waals surface area contributed by atoms with Gasteiger partial charge in [-0.2, -0.15) is 0 Å². The van der Waals surface area contributed by atoms with Crippen LogP contribution in [0.3, 0.4) is 0 Å². The Bertz CT molecular complexity index is 844. The summed E-state index contributed by atoms with van der Waals surface area (Å²) in [5.41, 5.74) is 2.34. The van der Waals surface area contributed by atoms with Crippen LogP contribution in [0.25, 0.3) is 0 Å². The van der Waals surface area contributed by atoms with Crippen molar-refractivity contribution in [3.63, 3.8) is 0 Å². The third kappa shape index (κ3) is 4.93. The Hall–Kier alpha value is -0.930. The van der Waals surface area contributed by atoms with Crippen LogP contribution in [0.2, 0.25) is 15.1 Å². The SMILES string of the molecule is CC(C)C1CCC(N2CCN(c3ccc(Cl)cc3Cl)C(c3ccc(Cl)cc3)C2)CC1. The Morgan fingerprint density at radius 1 is 0.833 bits per heavy atom. The Morgan fingerprint density at radius 3 is 2.13 bits per heavy atom. The molecule has 5 heteroatoms. The molecule has 0 aromatic heterocycles. The maximum atomic E-state index is 6.61. The fourth-order valence-corrected chi connectivity index (χ4v) is 5.88. The third-order valence-corrected chi connectivity index (χ3v) is 7.88. The Balaban J connectivity index is 1.57. The molecule has 1 saturated heterocycles. The predicted molar refractivity (Wildman–Crippen MR) is 130 cm³/mol. The van der Waals surface area contributed by atoms with Gasteiger partial charge < -0.3 is 4.90 Å². The average molecular weight is 466 g/mol. The van der Waals surface area contributed by atoms with Gasteiger partial charge >= 0.3 is 0 Å². The summed E-state index contributed by atoms with van der Waals surface area (Å²) in [7, 11) is 0. The summed E-state index contributed by atoms with van der Waals surface area (Å²) in [5, 5.41) is 2.16. The fourth-order valence-electron chi connectivity index (χ4n) is 5.24. The van der Waals surface area contributed by atoms with Crippen LogP contribution >= 0.6 is 34.8 Å². The van der Waals surface area contributed by atoms with Crippen molar-refractivity contribution in [2.75, 3.05) is 24.5 Å². The molecule has 2 aromatic rings. The number of rotatable bonds is 4. The second kappa shape index (κ2) is 9.69. The molecule has 0 amide bonds. The molecule has 1 aliphatic carbocycles. The van der Waals surface area contributed by atoms with Crippen LogP contribution in [0.1, 0.15) is 51.1 Å². The molecule has 1 aliphatic heterocycles. The number of hydrogen-bond acceptors (Lipinski definition) is 2. The molecule has 2 aromatic carbocycles. The highest BCUT2D eigenvalue weighted by Gasteiger charge is 2.34. The van der Waals surface area contributed by atoms with Gasteiger partial charge in [0.25, 0.3) is 0 Å². The lowest BCUT2D eigenvalue weighted by atomic mass is 9.79. The summed E-state index contributed by atoms with van der Waals surface area (Å²) in [6, 6.07) is 15.1. The quantitative estimate of drug-likeness (QED) is 0.456. The summed E-state index contributed by atoms with van der Waals surface area (Å²) in [4.78, 5) is 5.16. The normalized spacial score (nSPS) is 25.7. The minimum atomic E-state index is 0.248. The number of benzene rings is 2. The molecule has 4 rings (SSSR count). The fraction of sp³-hybridized carbons (Fsp3) is 0.520. The lowest BCUT2D eigenvalue weighted by Gasteiger charge is -2.47. The maximum Gasteiger partial charge on any atom is 0.0670 e. The largest absolute Gasteiger partial charge is 0.361 e. The first-order valence-electron chi connectivity index (χ1n) is 11.1. The second-order valence-corrected chi connectivity index (χ2v) is 10.4. The van der Waals surface area contributed by atoms with E-state index in [0.717, 1.165) is 42.2 Å². The molecule has 0 bridgehead atoms. The van der Waals surface area contributed by atoms with Crippen molar-refractivity contribution in [1.29, 1.82) is 0 Å². The molecule has 30 heavy (non-hydrogen) atoms. The van der Waals surface area contributed by atoms with E-state index in [-0.39, 0.29) is 6.04 Å². The van der Waals surface area contributed by atoms with E-state index in [0.29, 0.717) is 16.1 Å². The lowest BCUT2D eigenvalue weighted by Crippen LogP contribution is -2.52. The van der Waals surface area contributed by atoms with Crippen LogP contribution in [0.4, 0.5) is 5.69 Å². The van der Waals surface area contributed by atoms with Crippen LogP contribution in [0, 0.1) is 11.8 Å². The van der Waals surface area contributed by atoms with Crippen LogP contribution in [-0.2, 0) is 0 Å². The van der Waals surface area contributed by atoms with E-state index in [1.165, 1.54) is 31.2 Å². The molecule has 2 aliphatic rings. The van der Waals surface area contributed by atoms with Gasteiger partial charge in [0, 0.05) is 35.7 Å². The van der Waals surface area contributed by atoms with Crippen molar-refractivity contribution in [2.45, 2.75) is 51.6 Å². The summed E-state index contributed by atoms with van der Waals surface area (Å²) < 4.78 is 0. The molecule has 2 fully saturated rings. The molecule has 162 valence electrons. The zero-order chi connectivity index (χ0) is 21.3. The van der Waals surface area contributed by atoms with Crippen LogP contribution in [-0.4, -0.2) is 30.6 Å². The Labute approximate surface area is 196 Å². The van der Waals surface area contributed by atoms with Gasteiger partial charge in [-0.3, -0.25) is 4.90 Å². The van der Waals surface area contributed by atoms with E-state index in [9.17, 15) is 0 Å². The van der Waals surface area contributed by atoms with Gasteiger partial charge in [-0.25, -0.2) is 0 Å². The molecule has 0 radical (unpaired) electrons. The van der Waals surface area contributed by atoms with Gasteiger partial charge in [0.15, 0.2) is 0 Å². The van der Waals surface area contributed by atoms with E-state index in [1.807, 2.05) is 24.3 Å². The first-order chi connectivity index (χ1) is 14.4. The third-order valence-electron chi connectivity index (χ3n) is 7.09. The first-order valence-corrected chi connectivity index (χ1v) is 12.3. The van der Waals surface area contributed by atoms with E-state index < -0.39 is 0 Å². The Kier molecular flexibility index (Phi) is 7.19.